The monoisotopic (exact) mass is 460 g/mol. The van der Waals surface area contributed by atoms with E-state index in [9.17, 15) is 4.79 Å². The van der Waals surface area contributed by atoms with Gasteiger partial charge in [-0.2, -0.15) is 0 Å². The Balaban J connectivity index is 1.39. The predicted octanol–water partition coefficient (Wildman–Crippen LogP) is 5.53. The molecule has 0 aliphatic carbocycles. The zero-order chi connectivity index (χ0) is 22.6. The van der Waals surface area contributed by atoms with Crippen LogP contribution in [-0.4, -0.2) is 44.0 Å². The van der Waals surface area contributed by atoms with Gasteiger partial charge in [0.25, 0.3) is 0 Å². The number of nitrogens with one attached hydrogen (secondary N) is 1. The van der Waals surface area contributed by atoms with Crippen molar-refractivity contribution in [2.75, 3.05) is 12.4 Å². The predicted molar refractivity (Wildman–Crippen MR) is 132 cm³/mol. The second-order valence-corrected chi connectivity index (χ2v) is 9.40. The van der Waals surface area contributed by atoms with E-state index in [4.69, 9.17) is 4.74 Å². The molecule has 0 spiro atoms. The van der Waals surface area contributed by atoms with Crippen molar-refractivity contribution in [3.8, 4) is 11.4 Å². The van der Waals surface area contributed by atoms with Crippen molar-refractivity contribution < 1.29 is 9.53 Å². The van der Waals surface area contributed by atoms with Crippen molar-refractivity contribution in [3.63, 3.8) is 0 Å². The highest BCUT2D eigenvalue weighted by atomic mass is 32.2. The number of aryl methyl sites for hydroxylation is 1. The molecule has 1 atom stereocenters. The molecule has 4 aromatic rings. The fourth-order valence-electron chi connectivity index (χ4n) is 4.37. The van der Waals surface area contributed by atoms with Gasteiger partial charge in [0.1, 0.15) is 0 Å². The van der Waals surface area contributed by atoms with Gasteiger partial charge in [-0.1, -0.05) is 67.6 Å². The third-order valence-electron chi connectivity index (χ3n) is 6.10. The van der Waals surface area contributed by atoms with Crippen LogP contribution in [0.4, 0.5) is 0 Å². The van der Waals surface area contributed by atoms with Gasteiger partial charge in [-0.05, 0) is 30.9 Å². The number of hydrogen-bond donors (Lipinski definition) is 1. The van der Waals surface area contributed by atoms with Crippen LogP contribution in [-0.2, 0) is 17.7 Å². The van der Waals surface area contributed by atoms with Crippen LogP contribution in [0.25, 0.3) is 22.3 Å². The number of carbonyl (C=O) groups excluding carboxylic acids is 1. The fourth-order valence-corrected chi connectivity index (χ4v) is 5.21. The summed E-state index contributed by atoms with van der Waals surface area (Å²) in [6.45, 7) is 3.64. The first-order valence-electron chi connectivity index (χ1n) is 11.6. The molecule has 3 heterocycles. The normalized spacial score (nSPS) is 16.0. The highest BCUT2D eigenvalue weighted by molar-refractivity contribution is 7.99. The van der Waals surface area contributed by atoms with Crippen molar-refractivity contribution in [1.29, 1.82) is 0 Å². The van der Waals surface area contributed by atoms with Gasteiger partial charge in [0.15, 0.2) is 16.8 Å². The molecule has 1 aliphatic heterocycles. The molecule has 1 N–H and O–H groups in total. The molecule has 170 valence electrons. The lowest BCUT2D eigenvalue weighted by atomic mass is 10.1. The summed E-state index contributed by atoms with van der Waals surface area (Å²) in [6.07, 6.45) is 6.36. The summed E-state index contributed by atoms with van der Waals surface area (Å²) >= 11 is 1.45. The van der Waals surface area contributed by atoms with E-state index in [0.717, 1.165) is 65.3 Å². The minimum absolute atomic E-state index is 0.100. The molecular formula is C26H28N4O2S. The second-order valence-electron chi connectivity index (χ2n) is 8.46. The summed E-state index contributed by atoms with van der Waals surface area (Å²) in [5, 5.41) is 10.9. The third-order valence-corrected chi connectivity index (χ3v) is 7.07. The van der Waals surface area contributed by atoms with Crippen molar-refractivity contribution in [2.24, 2.45) is 0 Å². The number of aromatic amines is 1. The number of para-hydroxylation sites is 1. The largest absolute Gasteiger partial charge is 0.376 e. The maximum absolute atomic E-state index is 12.8. The zero-order valence-electron chi connectivity index (χ0n) is 18.8. The Kier molecular flexibility index (Phi) is 6.60. The molecular weight excluding hydrogens is 432 g/mol. The number of benzene rings is 2. The molecule has 0 saturated carbocycles. The van der Waals surface area contributed by atoms with E-state index >= 15 is 0 Å². The number of hydrogen-bond acceptors (Lipinski definition) is 5. The molecule has 2 aromatic carbocycles. The van der Waals surface area contributed by atoms with Crippen LogP contribution in [0.5, 0.6) is 0 Å². The third kappa shape index (κ3) is 4.75. The summed E-state index contributed by atoms with van der Waals surface area (Å²) in [5.41, 5.74) is 4.08. The summed E-state index contributed by atoms with van der Waals surface area (Å²) < 4.78 is 8.03. The Hall–Kier alpha value is -2.90. The van der Waals surface area contributed by atoms with E-state index < -0.39 is 0 Å². The standard InChI is InChI=1S/C26H28N4O2S/c1-2-6-18-10-12-19(13-11-18)24(31)17-33-26-29-28-25(30(26)16-20-7-5-14-32-20)22-15-27-23-9-4-3-8-21(22)23/h3-4,8-13,15,20,27H,2,5-7,14,16-17H2,1H3. The van der Waals surface area contributed by atoms with E-state index in [2.05, 4.69) is 50.9 Å². The lowest BCUT2D eigenvalue weighted by molar-refractivity contribution is 0.0953. The van der Waals surface area contributed by atoms with Gasteiger partial charge < -0.3 is 9.72 Å². The van der Waals surface area contributed by atoms with E-state index in [0.29, 0.717) is 12.3 Å². The van der Waals surface area contributed by atoms with Gasteiger partial charge in [0.2, 0.25) is 0 Å². The lowest BCUT2D eigenvalue weighted by Crippen LogP contribution is -2.17. The van der Waals surface area contributed by atoms with Gasteiger partial charge in [-0.25, -0.2) is 0 Å². The number of fused-ring (bicyclic) bond motifs is 1. The summed E-state index contributed by atoms with van der Waals surface area (Å²) in [7, 11) is 0. The van der Waals surface area contributed by atoms with Crippen LogP contribution in [0.2, 0.25) is 0 Å². The average molecular weight is 461 g/mol. The molecule has 1 aliphatic rings. The van der Waals surface area contributed by atoms with Crippen molar-refractivity contribution in [1.82, 2.24) is 19.7 Å². The smallest absolute Gasteiger partial charge is 0.192 e. The number of nitrogens with zero attached hydrogens (tertiary/aromatic N) is 3. The minimum Gasteiger partial charge on any atom is -0.376 e. The first-order valence-corrected chi connectivity index (χ1v) is 12.6. The second kappa shape index (κ2) is 9.93. The van der Waals surface area contributed by atoms with Crippen LogP contribution in [0.3, 0.4) is 0 Å². The molecule has 1 saturated heterocycles. The van der Waals surface area contributed by atoms with E-state index in [-0.39, 0.29) is 11.9 Å². The van der Waals surface area contributed by atoms with Gasteiger partial charge in [-0.3, -0.25) is 9.36 Å². The van der Waals surface area contributed by atoms with Gasteiger partial charge >= 0.3 is 0 Å². The first kappa shape index (κ1) is 21.9. The molecule has 6 nitrogen and oxygen atoms in total. The van der Waals surface area contributed by atoms with Crippen LogP contribution < -0.4 is 0 Å². The Morgan fingerprint density at radius 3 is 2.82 bits per heavy atom. The lowest BCUT2D eigenvalue weighted by Gasteiger charge is -2.14. The van der Waals surface area contributed by atoms with E-state index in [1.165, 1.54) is 17.3 Å². The number of carbonyl (C=O) groups is 1. The Morgan fingerprint density at radius 1 is 1.18 bits per heavy atom. The number of H-pyrrole nitrogens is 1. The van der Waals surface area contributed by atoms with Crippen LogP contribution in [0.15, 0.2) is 59.9 Å². The van der Waals surface area contributed by atoms with E-state index in [1.54, 1.807) is 0 Å². The molecule has 33 heavy (non-hydrogen) atoms. The van der Waals surface area contributed by atoms with E-state index in [1.807, 2.05) is 30.5 Å². The number of ketones is 1. The summed E-state index contributed by atoms with van der Waals surface area (Å²) in [5.74, 6) is 1.23. The van der Waals surface area contributed by atoms with Gasteiger partial charge in [0, 0.05) is 34.8 Å². The fraction of sp³-hybridized carbons (Fsp3) is 0.346. The maximum atomic E-state index is 12.8. The Labute approximate surface area is 197 Å². The maximum Gasteiger partial charge on any atom is 0.192 e. The molecule has 0 bridgehead atoms. The van der Waals surface area contributed by atoms with Crippen molar-refractivity contribution >= 4 is 28.4 Å². The number of ether oxygens (including phenoxy) is 1. The average Bonchev–Trinajstić information content (AvgIpc) is 3.59. The zero-order valence-corrected chi connectivity index (χ0v) is 19.6. The molecule has 0 amide bonds. The molecule has 0 radical (unpaired) electrons. The van der Waals surface area contributed by atoms with Gasteiger partial charge in [-0.15, -0.1) is 10.2 Å². The topological polar surface area (TPSA) is 72.8 Å². The molecule has 1 fully saturated rings. The first-order chi connectivity index (χ1) is 16.2. The number of rotatable bonds is 9. The number of Topliss-reactive ketones (excluding diaryl/α,β-unsaturated/α-hetero) is 1. The van der Waals surface area contributed by atoms with Crippen LogP contribution in [0.1, 0.15) is 42.1 Å². The molecule has 7 heteroatoms. The Bertz CT molecular complexity index is 1240. The Morgan fingerprint density at radius 2 is 2.03 bits per heavy atom. The minimum atomic E-state index is 0.100. The van der Waals surface area contributed by atoms with Gasteiger partial charge in [0.05, 0.1) is 18.4 Å². The molecule has 2 aromatic heterocycles. The number of aromatic nitrogens is 4. The summed E-state index contributed by atoms with van der Waals surface area (Å²) in [4.78, 5) is 16.2. The quantitative estimate of drug-likeness (QED) is 0.262. The SMILES string of the molecule is CCCc1ccc(C(=O)CSc2nnc(-c3c[nH]c4ccccc34)n2CC2CCCO2)cc1. The molecule has 1 unspecified atom stereocenters. The summed E-state index contributed by atoms with van der Waals surface area (Å²) in [6, 6.07) is 16.2. The van der Waals surface area contributed by atoms with Crippen LogP contribution >= 0.6 is 11.8 Å². The highest BCUT2D eigenvalue weighted by Crippen LogP contribution is 2.31. The van der Waals surface area contributed by atoms with Crippen molar-refractivity contribution in [2.45, 2.75) is 50.4 Å². The highest BCUT2D eigenvalue weighted by Gasteiger charge is 2.23. The van der Waals surface area contributed by atoms with Crippen LogP contribution in [0, 0.1) is 0 Å². The number of thioether (sulfide) groups is 1. The molecule has 5 rings (SSSR count). The van der Waals surface area contributed by atoms with Crippen molar-refractivity contribution in [3.05, 3.63) is 65.9 Å².